The number of rotatable bonds is 4. The monoisotopic (exact) mass is 413 g/mol. The first-order valence-corrected chi connectivity index (χ1v) is 12.0. The Balaban J connectivity index is 1.67. The molecule has 1 aliphatic carbocycles. The molecule has 3 atom stereocenters. The lowest BCUT2D eigenvalue weighted by atomic mass is 9.78. The number of amides is 1. The molecule has 1 aromatic carbocycles. The molecule has 1 saturated heterocycles. The minimum atomic E-state index is 0.0365. The van der Waals surface area contributed by atoms with Crippen LogP contribution in [0.1, 0.15) is 58.4 Å². The molecule has 1 saturated carbocycles. The predicted molar refractivity (Wildman–Crippen MR) is 118 cm³/mol. The molecule has 0 spiro atoms. The molecule has 29 heavy (non-hydrogen) atoms. The van der Waals surface area contributed by atoms with E-state index in [4.69, 9.17) is 4.98 Å². The van der Waals surface area contributed by atoms with Gasteiger partial charge in [0, 0.05) is 19.1 Å². The summed E-state index contributed by atoms with van der Waals surface area (Å²) < 4.78 is 1.91. The van der Waals surface area contributed by atoms with Gasteiger partial charge < -0.3 is 4.90 Å². The summed E-state index contributed by atoms with van der Waals surface area (Å²) in [4.78, 5) is 33.0. The summed E-state index contributed by atoms with van der Waals surface area (Å²) in [5.74, 6) is 1.51. The van der Waals surface area contributed by atoms with Crippen LogP contribution in [-0.2, 0) is 4.79 Å². The molecule has 4 rings (SSSR count). The highest BCUT2D eigenvalue weighted by molar-refractivity contribution is 7.99. The molecule has 156 valence electrons. The van der Waals surface area contributed by atoms with Crippen LogP contribution in [0.25, 0.3) is 10.9 Å². The van der Waals surface area contributed by atoms with Gasteiger partial charge >= 0.3 is 0 Å². The SMILES string of the molecule is C[C@@H]1[C@H](C)CCC[C@@H]1n1c(SCC(=O)N2CCCCC2)nc2ccccc2c1=O. The Morgan fingerprint density at radius 1 is 1.10 bits per heavy atom. The van der Waals surface area contributed by atoms with E-state index in [2.05, 4.69) is 13.8 Å². The van der Waals surface area contributed by atoms with E-state index in [0.29, 0.717) is 28.1 Å². The van der Waals surface area contributed by atoms with Gasteiger partial charge in [0.1, 0.15) is 0 Å². The van der Waals surface area contributed by atoms with Gasteiger partial charge in [0.15, 0.2) is 5.16 Å². The van der Waals surface area contributed by atoms with Crippen LogP contribution in [0.2, 0.25) is 0 Å². The number of thioether (sulfide) groups is 1. The van der Waals surface area contributed by atoms with E-state index in [0.717, 1.165) is 44.3 Å². The van der Waals surface area contributed by atoms with E-state index in [-0.39, 0.29) is 17.5 Å². The number of para-hydroxylation sites is 1. The van der Waals surface area contributed by atoms with Gasteiger partial charge in [-0.1, -0.05) is 50.6 Å². The Bertz CT molecular complexity index is 935. The highest BCUT2D eigenvalue weighted by Gasteiger charge is 2.31. The lowest BCUT2D eigenvalue weighted by Crippen LogP contribution is -2.37. The molecule has 6 heteroatoms. The average Bonchev–Trinajstić information content (AvgIpc) is 2.75. The minimum Gasteiger partial charge on any atom is -0.342 e. The fourth-order valence-electron chi connectivity index (χ4n) is 4.80. The predicted octanol–water partition coefficient (Wildman–Crippen LogP) is 4.50. The van der Waals surface area contributed by atoms with Crippen molar-refractivity contribution in [3.05, 3.63) is 34.6 Å². The summed E-state index contributed by atoms with van der Waals surface area (Å²) >= 11 is 1.44. The zero-order chi connectivity index (χ0) is 20.4. The van der Waals surface area contributed by atoms with Crippen LogP contribution in [0.5, 0.6) is 0 Å². The van der Waals surface area contributed by atoms with Gasteiger partial charge in [0.25, 0.3) is 5.56 Å². The summed E-state index contributed by atoms with van der Waals surface area (Å²) in [5.41, 5.74) is 0.757. The third-order valence-corrected chi connectivity index (χ3v) is 7.74. The van der Waals surface area contributed by atoms with E-state index < -0.39 is 0 Å². The zero-order valence-corrected chi connectivity index (χ0v) is 18.3. The number of piperidine rings is 1. The van der Waals surface area contributed by atoms with E-state index in [9.17, 15) is 9.59 Å². The smallest absolute Gasteiger partial charge is 0.262 e. The molecule has 2 fully saturated rings. The van der Waals surface area contributed by atoms with Gasteiger partial charge in [-0.2, -0.15) is 0 Å². The van der Waals surface area contributed by atoms with Crippen molar-refractivity contribution in [3.63, 3.8) is 0 Å². The largest absolute Gasteiger partial charge is 0.342 e. The third-order valence-electron chi connectivity index (χ3n) is 6.80. The Kier molecular flexibility index (Phi) is 6.28. The molecule has 5 nitrogen and oxygen atoms in total. The number of hydrogen-bond acceptors (Lipinski definition) is 4. The first kappa shape index (κ1) is 20.5. The summed E-state index contributed by atoms with van der Waals surface area (Å²) in [6, 6.07) is 7.72. The molecular formula is C23H31N3O2S. The van der Waals surface area contributed by atoms with Crippen LogP contribution < -0.4 is 5.56 Å². The van der Waals surface area contributed by atoms with Crippen molar-refractivity contribution in [3.8, 4) is 0 Å². The maximum Gasteiger partial charge on any atom is 0.262 e. The Morgan fingerprint density at radius 3 is 2.66 bits per heavy atom. The van der Waals surface area contributed by atoms with Crippen LogP contribution in [0, 0.1) is 11.8 Å². The van der Waals surface area contributed by atoms with E-state index in [1.165, 1.54) is 24.6 Å². The van der Waals surface area contributed by atoms with Gasteiger partial charge in [-0.3, -0.25) is 14.2 Å². The van der Waals surface area contributed by atoms with Gasteiger partial charge in [-0.15, -0.1) is 0 Å². The van der Waals surface area contributed by atoms with Crippen molar-refractivity contribution in [2.24, 2.45) is 11.8 Å². The summed E-state index contributed by atoms with van der Waals surface area (Å²) in [6.07, 6.45) is 6.73. The van der Waals surface area contributed by atoms with E-state index in [1.807, 2.05) is 33.7 Å². The number of hydrogen-bond donors (Lipinski definition) is 0. The van der Waals surface area contributed by atoms with Crippen LogP contribution in [-0.4, -0.2) is 39.2 Å². The molecular weight excluding hydrogens is 382 g/mol. The highest BCUT2D eigenvalue weighted by atomic mass is 32.2. The van der Waals surface area contributed by atoms with Crippen molar-refractivity contribution >= 4 is 28.6 Å². The number of benzene rings is 1. The first-order valence-electron chi connectivity index (χ1n) is 11.0. The second kappa shape index (κ2) is 8.90. The fourth-order valence-corrected chi connectivity index (χ4v) is 5.75. The number of carbonyl (C=O) groups excluding carboxylic acids is 1. The first-order chi connectivity index (χ1) is 14.1. The van der Waals surface area contributed by atoms with Crippen LogP contribution in [0.3, 0.4) is 0 Å². The van der Waals surface area contributed by atoms with Crippen molar-refractivity contribution in [1.29, 1.82) is 0 Å². The molecule has 0 bridgehead atoms. The normalized spacial score (nSPS) is 25.3. The number of carbonyl (C=O) groups is 1. The quantitative estimate of drug-likeness (QED) is 0.547. The topological polar surface area (TPSA) is 55.2 Å². The van der Waals surface area contributed by atoms with Crippen LogP contribution in [0.4, 0.5) is 0 Å². The van der Waals surface area contributed by atoms with Crippen molar-refractivity contribution < 1.29 is 4.79 Å². The second-order valence-electron chi connectivity index (χ2n) is 8.65. The summed E-state index contributed by atoms with van der Waals surface area (Å²) in [7, 11) is 0. The second-order valence-corrected chi connectivity index (χ2v) is 9.59. The maximum absolute atomic E-state index is 13.5. The fraction of sp³-hybridized carbons (Fsp3) is 0.609. The van der Waals surface area contributed by atoms with E-state index in [1.54, 1.807) is 0 Å². The number of nitrogens with zero attached hydrogens (tertiary/aromatic N) is 3. The molecule has 1 amide bonds. The lowest BCUT2D eigenvalue weighted by Gasteiger charge is -2.36. The molecule has 1 aliphatic heterocycles. The number of aromatic nitrogens is 2. The molecule has 2 aliphatic rings. The summed E-state index contributed by atoms with van der Waals surface area (Å²) in [5, 5.41) is 1.37. The lowest BCUT2D eigenvalue weighted by molar-refractivity contribution is -0.129. The minimum absolute atomic E-state index is 0.0365. The van der Waals surface area contributed by atoms with Gasteiger partial charge in [0.2, 0.25) is 5.91 Å². The zero-order valence-electron chi connectivity index (χ0n) is 17.5. The Hall–Kier alpha value is -1.82. The Morgan fingerprint density at radius 2 is 1.86 bits per heavy atom. The standard InChI is InChI=1S/C23H31N3O2S/c1-16-9-8-12-20(17(16)2)26-22(28)18-10-4-5-11-19(18)24-23(26)29-15-21(27)25-13-6-3-7-14-25/h4-5,10-11,16-17,20H,3,6-9,12-15H2,1-2H3/t16-,17-,20+/m1/s1. The van der Waals surface area contributed by atoms with Gasteiger partial charge in [-0.05, 0) is 49.7 Å². The average molecular weight is 414 g/mol. The molecule has 0 N–H and O–H groups in total. The highest BCUT2D eigenvalue weighted by Crippen LogP contribution is 2.38. The third kappa shape index (κ3) is 4.23. The molecule has 0 unspecified atom stereocenters. The maximum atomic E-state index is 13.5. The molecule has 1 aromatic heterocycles. The van der Waals surface area contributed by atoms with Gasteiger partial charge in [-0.25, -0.2) is 4.98 Å². The molecule has 0 radical (unpaired) electrons. The van der Waals surface area contributed by atoms with Crippen molar-refractivity contribution in [2.75, 3.05) is 18.8 Å². The number of likely N-dealkylation sites (tertiary alicyclic amines) is 1. The van der Waals surface area contributed by atoms with Crippen molar-refractivity contribution in [1.82, 2.24) is 14.5 Å². The van der Waals surface area contributed by atoms with Crippen LogP contribution in [0.15, 0.2) is 34.2 Å². The van der Waals surface area contributed by atoms with Crippen LogP contribution >= 0.6 is 11.8 Å². The number of fused-ring (bicyclic) bond motifs is 1. The van der Waals surface area contributed by atoms with E-state index >= 15 is 0 Å². The molecule has 2 heterocycles. The molecule has 2 aromatic rings. The summed E-state index contributed by atoms with van der Waals surface area (Å²) in [6.45, 7) is 6.25. The van der Waals surface area contributed by atoms with Crippen molar-refractivity contribution in [2.45, 2.75) is 63.6 Å². The Labute approximate surface area is 176 Å². The van der Waals surface area contributed by atoms with Gasteiger partial charge in [0.05, 0.1) is 16.7 Å².